The predicted octanol–water partition coefficient (Wildman–Crippen LogP) is 4.58. The summed E-state index contributed by atoms with van der Waals surface area (Å²) in [4.78, 5) is 5.01. The summed E-state index contributed by atoms with van der Waals surface area (Å²) in [7, 11) is 2.23. The molecule has 4 nitrogen and oxygen atoms in total. The monoisotopic (exact) mass is 380 g/mol. The molecule has 1 aliphatic heterocycles. The lowest BCUT2D eigenvalue weighted by Gasteiger charge is -2.38. The number of hydrogen-bond donors (Lipinski definition) is 1. The zero-order chi connectivity index (χ0) is 19.3. The van der Waals surface area contributed by atoms with E-state index in [4.69, 9.17) is 0 Å². The van der Waals surface area contributed by atoms with Crippen LogP contribution in [0.5, 0.6) is 0 Å². The number of rotatable bonds is 9. The van der Waals surface area contributed by atoms with Gasteiger partial charge in [0, 0.05) is 25.3 Å². The van der Waals surface area contributed by atoms with Crippen LogP contribution in [-0.2, 0) is 19.5 Å². The Hall–Kier alpha value is -1.65. The van der Waals surface area contributed by atoms with E-state index in [2.05, 4.69) is 64.3 Å². The molecule has 0 spiro atoms. The summed E-state index contributed by atoms with van der Waals surface area (Å²) in [6.45, 7) is 8.02. The molecule has 2 aromatic rings. The van der Waals surface area contributed by atoms with Gasteiger partial charge >= 0.3 is 0 Å². The van der Waals surface area contributed by atoms with Crippen LogP contribution in [0.25, 0.3) is 0 Å². The van der Waals surface area contributed by atoms with Gasteiger partial charge in [0.15, 0.2) is 0 Å². The maximum absolute atomic E-state index is 4.46. The highest BCUT2D eigenvalue weighted by atomic mass is 15.2. The zero-order valence-electron chi connectivity index (χ0n) is 17.7. The third-order valence-corrected chi connectivity index (χ3v) is 6.50. The van der Waals surface area contributed by atoms with Crippen LogP contribution in [0.15, 0.2) is 30.3 Å². The van der Waals surface area contributed by atoms with Gasteiger partial charge in [0.2, 0.25) is 0 Å². The number of nitrogens with zero attached hydrogens (tertiary/aromatic N) is 3. The molecule has 0 bridgehead atoms. The minimum absolute atomic E-state index is 0.765. The van der Waals surface area contributed by atoms with Crippen molar-refractivity contribution in [1.82, 2.24) is 20.0 Å². The molecule has 4 heteroatoms. The van der Waals surface area contributed by atoms with E-state index in [-0.39, 0.29) is 0 Å². The first-order chi connectivity index (χ1) is 13.7. The molecule has 1 aromatic heterocycles. The van der Waals surface area contributed by atoms with Crippen LogP contribution in [0.4, 0.5) is 0 Å². The molecule has 2 fully saturated rings. The molecule has 1 aromatic carbocycles. The number of benzene rings is 1. The normalized spacial score (nSPS) is 22.7. The summed E-state index contributed by atoms with van der Waals surface area (Å²) in [5.41, 5.74) is 5.46. The Bertz CT molecular complexity index is 723. The summed E-state index contributed by atoms with van der Waals surface area (Å²) in [6.07, 6.45) is 7.67. The molecule has 4 rings (SSSR count). The van der Waals surface area contributed by atoms with E-state index in [9.17, 15) is 0 Å². The molecular formula is C24H36N4. The van der Waals surface area contributed by atoms with Gasteiger partial charge < -0.3 is 4.90 Å². The standard InChI is InChI=1S/C24H36N4/c1-3-6-23-15-24(26-25-23)18-27(2)16-20-13-22(14-20)21-9-7-19(8-10-21)17-28-11-4-5-12-28/h7-10,15,20,22H,3-6,11-14,16-18H2,1-2H3,(H,25,26). The first-order valence-electron chi connectivity index (χ1n) is 11.2. The Morgan fingerprint density at radius 1 is 1.14 bits per heavy atom. The second-order valence-corrected chi connectivity index (χ2v) is 9.09. The van der Waals surface area contributed by atoms with Crippen LogP contribution in [0.1, 0.15) is 67.5 Å². The van der Waals surface area contributed by atoms with E-state index < -0.39 is 0 Å². The maximum atomic E-state index is 4.46. The lowest BCUT2D eigenvalue weighted by Crippen LogP contribution is -2.33. The molecule has 0 amide bonds. The van der Waals surface area contributed by atoms with Gasteiger partial charge in [-0.1, -0.05) is 37.6 Å². The van der Waals surface area contributed by atoms with Crippen LogP contribution in [0.3, 0.4) is 0 Å². The van der Waals surface area contributed by atoms with Crippen molar-refractivity contribution in [3.8, 4) is 0 Å². The third kappa shape index (κ3) is 5.03. The van der Waals surface area contributed by atoms with Gasteiger partial charge in [0.1, 0.15) is 0 Å². The molecule has 0 radical (unpaired) electrons. The fourth-order valence-electron chi connectivity index (χ4n) is 4.92. The fourth-order valence-corrected chi connectivity index (χ4v) is 4.92. The predicted molar refractivity (Wildman–Crippen MR) is 115 cm³/mol. The van der Waals surface area contributed by atoms with Crippen LogP contribution in [0.2, 0.25) is 0 Å². The average Bonchev–Trinajstić information content (AvgIpc) is 3.31. The second-order valence-electron chi connectivity index (χ2n) is 9.09. The molecule has 2 heterocycles. The number of nitrogens with one attached hydrogen (secondary N) is 1. The molecule has 0 unspecified atom stereocenters. The van der Waals surface area contributed by atoms with Crippen LogP contribution in [0, 0.1) is 5.92 Å². The van der Waals surface area contributed by atoms with E-state index in [1.165, 1.54) is 68.7 Å². The minimum Gasteiger partial charge on any atom is -0.300 e. The minimum atomic E-state index is 0.765. The Morgan fingerprint density at radius 3 is 2.61 bits per heavy atom. The molecule has 1 saturated carbocycles. The lowest BCUT2D eigenvalue weighted by molar-refractivity contribution is 0.175. The smallest absolute Gasteiger partial charge is 0.0765 e. The van der Waals surface area contributed by atoms with Gasteiger partial charge in [0.25, 0.3) is 0 Å². The highest BCUT2D eigenvalue weighted by molar-refractivity contribution is 5.27. The highest BCUT2D eigenvalue weighted by Crippen LogP contribution is 2.42. The van der Waals surface area contributed by atoms with Gasteiger partial charge in [-0.25, -0.2) is 0 Å². The lowest BCUT2D eigenvalue weighted by atomic mass is 9.71. The number of H-pyrrole nitrogens is 1. The van der Waals surface area contributed by atoms with E-state index in [0.29, 0.717) is 0 Å². The second kappa shape index (κ2) is 9.23. The average molecular weight is 381 g/mol. The SMILES string of the molecule is CCCc1cc(CN(C)CC2CC(c3ccc(CN4CCCC4)cc3)C2)n[nH]1. The first-order valence-corrected chi connectivity index (χ1v) is 11.2. The molecule has 152 valence electrons. The molecule has 0 atom stereocenters. The van der Waals surface area contributed by atoms with Gasteiger partial charge in [-0.3, -0.25) is 10.00 Å². The molecule has 1 saturated heterocycles. The molecule has 28 heavy (non-hydrogen) atoms. The molecule has 1 N–H and O–H groups in total. The fraction of sp³-hybridized carbons (Fsp3) is 0.625. The Labute approximate surface area is 170 Å². The molecule has 1 aliphatic carbocycles. The number of likely N-dealkylation sites (tertiary alicyclic amines) is 1. The van der Waals surface area contributed by atoms with E-state index in [1.807, 2.05) is 0 Å². The summed E-state index contributed by atoms with van der Waals surface area (Å²) in [5, 5.41) is 7.63. The number of hydrogen-bond acceptors (Lipinski definition) is 3. The van der Waals surface area contributed by atoms with Crippen molar-refractivity contribution >= 4 is 0 Å². The van der Waals surface area contributed by atoms with Crippen molar-refractivity contribution in [3.63, 3.8) is 0 Å². The summed E-state index contributed by atoms with van der Waals surface area (Å²) >= 11 is 0. The topological polar surface area (TPSA) is 35.2 Å². The Kier molecular flexibility index (Phi) is 6.48. The molecular weight excluding hydrogens is 344 g/mol. The van der Waals surface area contributed by atoms with Gasteiger partial charge in [-0.2, -0.15) is 5.10 Å². The zero-order valence-corrected chi connectivity index (χ0v) is 17.7. The quantitative estimate of drug-likeness (QED) is 0.691. The van der Waals surface area contributed by atoms with Crippen LogP contribution < -0.4 is 0 Å². The Balaban J connectivity index is 1.19. The third-order valence-electron chi connectivity index (χ3n) is 6.50. The van der Waals surface area contributed by atoms with Gasteiger partial charge in [0.05, 0.1) is 5.69 Å². The van der Waals surface area contributed by atoms with Crippen molar-refractivity contribution < 1.29 is 0 Å². The van der Waals surface area contributed by atoms with Crippen LogP contribution in [-0.4, -0.2) is 46.7 Å². The highest BCUT2D eigenvalue weighted by Gasteiger charge is 2.31. The summed E-state index contributed by atoms with van der Waals surface area (Å²) in [6, 6.07) is 11.7. The Morgan fingerprint density at radius 2 is 1.89 bits per heavy atom. The van der Waals surface area contributed by atoms with Gasteiger partial charge in [-0.15, -0.1) is 0 Å². The number of aryl methyl sites for hydroxylation is 1. The summed E-state index contributed by atoms with van der Waals surface area (Å²) < 4.78 is 0. The van der Waals surface area contributed by atoms with Crippen molar-refractivity contribution in [1.29, 1.82) is 0 Å². The number of aromatic amines is 1. The largest absolute Gasteiger partial charge is 0.300 e. The van der Waals surface area contributed by atoms with Crippen molar-refractivity contribution in [2.45, 2.75) is 64.5 Å². The summed E-state index contributed by atoms with van der Waals surface area (Å²) in [5.74, 6) is 1.59. The molecule has 2 aliphatic rings. The maximum Gasteiger partial charge on any atom is 0.0765 e. The van der Waals surface area contributed by atoms with Gasteiger partial charge in [-0.05, 0) is 81.3 Å². The van der Waals surface area contributed by atoms with Crippen molar-refractivity contribution in [3.05, 3.63) is 52.8 Å². The van der Waals surface area contributed by atoms with Crippen molar-refractivity contribution in [2.75, 3.05) is 26.7 Å². The van der Waals surface area contributed by atoms with E-state index in [0.717, 1.165) is 31.3 Å². The van der Waals surface area contributed by atoms with Crippen LogP contribution >= 0.6 is 0 Å². The van der Waals surface area contributed by atoms with E-state index in [1.54, 1.807) is 5.56 Å². The van der Waals surface area contributed by atoms with E-state index >= 15 is 0 Å². The van der Waals surface area contributed by atoms with Crippen molar-refractivity contribution in [2.24, 2.45) is 5.92 Å². The number of aromatic nitrogens is 2. The first kappa shape index (κ1) is 19.7.